The molecule has 2 nitrogen and oxygen atoms in total. The normalized spacial score (nSPS) is 10.9. The molecule has 2 aromatic carbocycles. The molecule has 1 heterocycles. The van der Waals surface area contributed by atoms with Gasteiger partial charge in [-0.1, -0.05) is 48.5 Å². The molecule has 3 aromatic rings. The number of hydrogen-bond donors (Lipinski definition) is 0. The van der Waals surface area contributed by atoms with E-state index in [0.717, 1.165) is 12.1 Å². The third-order valence-electron chi connectivity index (χ3n) is 2.76. The van der Waals surface area contributed by atoms with Crippen molar-refractivity contribution in [2.75, 3.05) is 0 Å². The zero-order chi connectivity index (χ0) is 11.7. The molecular formula is C14H11IN2. The highest BCUT2D eigenvalue weighted by atomic mass is 127. The fraction of sp³-hybridized carbons (Fsp3) is 0.0714. The summed E-state index contributed by atoms with van der Waals surface area (Å²) in [6.07, 6.45) is 0. The van der Waals surface area contributed by atoms with Crippen LogP contribution in [0, 0.1) is 3.70 Å². The minimum Gasteiger partial charge on any atom is -0.254 e. The maximum Gasteiger partial charge on any atom is 0.107 e. The Labute approximate surface area is 113 Å². The fourth-order valence-electron chi connectivity index (χ4n) is 1.91. The number of halogens is 1. The molecule has 0 bridgehead atoms. The lowest BCUT2D eigenvalue weighted by Gasteiger charge is -2.02. The van der Waals surface area contributed by atoms with Gasteiger partial charge in [-0.15, -0.1) is 0 Å². The van der Waals surface area contributed by atoms with Crippen molar-refractivity contribution in [2.45, 2.75) is 6.54 Å². The van der Waals surface area contributed by atoms with Gasteiger partial charge in [0.15, 0.2) is 0 Å². The van der Waals surface area contributed by atoms with Crippen molar-refractivity contribution in [3.05, 3.63) is 63.9 Å². The van der Waals surface area contributed by atoms with Gasteiger partial charge in [0, 0.05) is 5.39 Å². The van der Waals surface area contributed by atoms with Gasteiger partial charge in [0.2, 0.25) is 0 Å². The average molecular weight is 334 g/mol. The first-order valence-electron chi connectivity index (χ1n) is 5.49. The molecule has 0 unspecified atom stereocenters. The summed E-state index contributed by atoms with van der Waals surface area (Å²) in [6, 6.07) is 18.7. The molecule has 0 fully saturated rings. The fourth-order valence-corrected chi connectivity index (χ4v) is 2.64. The minimum atomic E-state index is 0.827. The Morgan fingerprint density at radius 1 is 0.941 bits per heavy atom. The Morgan fingerprint density at radius 3 is 2.41 bits per heavy atom. The van der Waals surface area contributed by atoms with Crippen LogP contribution in [0.4, 0.5) is 0 Å². The van der Waals surface area contributed by atoms with Crippen LogP contribution in [0.25, 0.3) is 10.9 Å². The number of benzene rings is 2. The lowest BCUT2D eigenvalue weighted by Crippen LogP contribution is -2.03. The number of fused-ring (bicyclic) bond motifs is 1. The van der Waals surface area contributed by atoms with Crippen molar-refractivity contribution in [1.82, 2.24) is 9.78 Å². The summed E-state index contributed by atoms with van der Waals surface area (Å²) in [5.41, 5.74) is 2.34. The van der Waals surface area contributed by atoms with E-state index in [4.69, 9.17) is 0 Å². The molecule has 3 heteroatoms. The second kappa shape index (κ2) is 4.49. The van der Waals surface area contributed by atoms with Crippen LogP contribution in [0.2, 0.25) is 0 Å². The van der Waals surface area contributed by atoms with Crippen molar-refractivity contribution >= 4 is 33.5 Å². The predicted octanol–water partition coefficient (Wildman–Crippen LogP) is 3.69. The number of aromatic nitrogens is 2. The molecule has 0 spiro atoms. The van der Waals surface area contributed by atoms with Gasteiger partial charge in [0.25, 0.3) is 0 Å². The first kappa shape index (κ1) is 10.8. The molecule has 0 amide bonds. The number of rotatable bonds is 2. The van der Waals surface area contributed by atoms with E-state index in [-0.39, 0.29) is 0 Å². The summed E-state index contributed by atoms with van der Waals surface area (Å²) in [6.45, 7) is 0.827. The molecule has 1 aromatic heterocycles. The molecular weight excluding hydrogens is 323 g/mol. The monoisotopic (exact) mass is 334 g/mol. The van der Waals surface area contributed by atoms with Gasteiger partial charge in [-0.05, 0) is 34.2 Å². The maximum absolute atomic E-state index is 4.62. The van der Waals surface area contributed by atoms with E-state index in [1.165, 1.54) is 14.7 Å². The largest absolute Gasteiger partial charge is 0.254 e. The van der Waals surface area contributed by atoms with Crippen LogP contribution in [0.15, 0.2) is 54.6 Å². The van der Waals surface area contributed by atoms with Crippen molar-refractivity contribution < 1.29 is 0 Å². The van der Waals surface area contributed by atoms with Crippen molar-refractivity contribution in [2.24, 2.45) is 0 Å². The van der Waals surface area contributed by atoms with Crippen molar-refractivity contribution in [1.29, 1.82) is 0 Å². The van der Waals surface area contributed by atoms with Crippen molar-refractivity contribution in [3.63, 3.8) is 0 Å². The quantitative estimate of drug-likeness (QED) is 0.654. The second-order valence-electron chi connectivity index (χ2n) is 3.95. The van der Waals surface area contributed by atoms with Crippen LogP contribution in [-0.4, -0.2) is 9.78 Å². The summed E-state index contributed by atoms with van der Waals surface area (Å²) in [5, 5.41) is 5.84. The molecule has 0 atom stereocenters. The SMILES string of the molecule is Ic1c2ccccc2nn1Cc1ccccc1. The Hall–Kier alpha value is -1.36. The molecule has 84 valence electrons. The van der Waals surface area contributed by atoms with E-state index in [9.17, 15) is 0 Å². The second-order valence-corrected chi connectivity index (χ2v) is 4.97. The topological polar surface area (TPSA) is 17.8 Å². The van der Waals surface area contributed by atoms with Crippen LogP contribution < -0.4 is 0 Å². The Kier molecular flexibility index (Phi) is 2.84. The molecule has 0 N–H and O–H groups in total. The standard InChI is InChI=1S/C14H11IN2/c15-14-12-8-4-5-9-13(12)16-17(14)10-11-6-2-1-3-7-11/h1-9H,10H2. The van der Waals surface area contributed by atoms with Crippen LogP contribution >= 0.6 is 22.6 Å². The predicted molar refractivity (Wildman–Crippen MR) is 78.0 cm³/mol. The first-order valence-corrected chi connectivity index (χ1v) is 6.57. The van der Waals surface area contributed by atoms with Crippen LogP contribution in [0.5, 0.6) is 0 Å². The highest BCUT2D eigenvalue weighted by Gasteiger charge is 2.07. The van der Waals surface area contributed by atoms with Gasteiger partial charge >= 0.3 is 0 Å². The molecule has 0 aliphatic carbocycles. The minimum absolute atomic E-state index is 0.827. The van der Waals surface area contributed by atoms with Crippen LogP contribution in [0.1, 0.15) is 5.56 Å². The van der Waals surface area contributed by atoms with E-state index in [1.807, 2.05) is 12.1 Å². The first-order chi connectivity index (χ1) is 8.34. The number of hydrogen-bond acceptors (Lipinski definition) is 1. The zero-order valence-electron chi connectivity index (χ0n) is 9.18. The highest BCUT2D eigenvalue weighted by Crippen LogP contribution is 2.20. The number of nitrogens with zero attached hydrogens (tertiary/aromatic N) is 2. The molecule has 17 heavy (non-hydrogen) atoms. The van der Waals surface area contributed by atoms with Gasteiger partial charge in [0.05, 0.1) is 12.1 Å². The third kappa shape index (κ3) is 2.07. The molecule has 0 saturated carbocycles. The third-order valence-corrected chi connectivity index (χ3v) is 3.89. The summed E-state index contributed by atoms with van der Waals surface area (Å²) in [4.78, 5) is 0. The molecule has 0 saturated heterocycles. The van der Waals surface area contributed by atoms with Gasteiger partial charge in [-0.2, -0.15) is 5.10 Å². The lowest BCUT2D eigenvalue weighted by molar-refractivity contribution is 0.678. The van der Waals surface area contributed by atoms with E-state index < -0.39 is 0 Å². The summed E-state index contributed by atoms with van der Waals surface area (Å²) >= 11 is 2.36. The average Bonchev–Trinajstić information content (AvgIpc) is 2.68. The van der Waals surface area contributed by atoms with E-state index >= 15 is 0 Å². The summed E-state index contributed by atoms with van der Waals surface area (Å²) in [7, 11) is 0. The Morgan fingerprint density at radius 2 is 1.65 bits per heavy atom. The van der Waals surface area contributed by atoms with E-state index in [2.05, 4.69) is 74.8 Å². The van der Waals surface area contributed by atoms with Gasteiger partial charge < -0.3 is 0 Å². The zero-order valence-corrected chi connectivity index (χ0v) is 11.3. The summed E-state index contributed by atoms with van der Waals surface area (Å²) in [5.74, 6) is 0. The van der Waals surface area contributed by atoms with Gasteiger partial charge in [0.1, 0.15) is 3.70 Å². The molecule has 3 rings (SSSR count). The van der Waals surface area contributed by atoms with Crippen LogP contribution in [-0.2, 0) is 6.54 Å². The summed E-state index contributed by atoms with van der Waals surface area (Å²) < 4.78 is 3.25. The Balaban J connectivity index is 2.04. The van der Waals surface area contributed by atoms with E-state index in [1.54, 1.807) is 0 Å². The van der Waals surface area contributed by atoms with Gasteiger partial charge in [-0.3, -0.25) is 4.68 Å². The Bertz CT molecular complexity index is 644. The highest BCUT2D eigenvalue weighted by molar-refractivity contribution is 14.1. The smallest absolute Gasteiger partial charge is 0.107 e. The van der Waals surface area contributed by atoms with E-state index in [0.29, 0.717) is 0 Å². The van der Waals surface area contributed by atoms with Gasteiger partial charge in [-0.25, -0.2) is 0 Å². The maximum atomic E-state index is 4.62. The van der Waals surface area contributed by atoms with Crippen LogP contribution in [0.3, 0.4) is 0 Å². The molecule has 0 aliphatic rings. The van der Waals surface area contributed by atoms with Crippen molar-refractivity contribution in [3.8, 4) is 0 Å². The molecule has 0 aliphatic heterocycles. The molecule has 0 radical (unpaired) electrons. The lowest BCUT2D eigenvalue weighted by atomic mass is 10.2.